The molecule has 1 aliphatic rings. The van der Waals surface area contributed by atoms with Gasteiger partial charge in [0.05, 0.1) is 12.2 Å². The Balaban J connectivity index is 2.29. The van der Waals surface area contributed by atoms with E-state index in [0.717, 1.165) is 25.7 Å². The summed E-state index contributed by atoms with van der Waals surface area (Å²) in [4.78, 5) is 11.6. The van der Waals surface area contributed by atoms with Gasteiger partial charge >= 0.3 is 5.97 Å². The third-order valence-electron chi connectivity index (χ3n) is 2.81. The van der Waals surface area contributed by atoms with Gasteiger partial charge in [0.2, 0.25) is 0 Å². The van der Waals surface area contributed by atoms with Crippen LogP contribution in [0.5, 0.6) is 0 Å². The summed E-state index contributed by atoms with van der Waals surface area (Å²) in [6.07, 6.45) is 1.22. The molecule has 0 aromatic carbocycles. The van der Waals surface area contributed by atoms with Gasteiger partial charge in [-0.05, 0) is 32.6 Å². The van der Waals surface area contributed by atoms with Crippen LogP contribution < -0.4 is 0 Å². The molecule has 5 heteroatoms. The van der Waals surface area contributed by atoms with Crippen LogP contribution in [0.1, 0.15) is 32.6 Å². The molecule has 0 aliphatic heterocycles. The van der Waals surface area contributed by atoms with Crippen molar-refractivity contribution in [1.82, 2.24) is 0 Å². The van der Waals surface area contributed by atoms with E-state index in [-0.39, 0.29) is 12.2 Å². The van der Waals surface area contributed by atoms with E-state index >= 15 is 0 Å². The highest BCUT2D eigenvalue weighted by atomic mass is 19.3. The van der Waals surface area contributed by atoms with Gasteiger partial charge in [0.25, 0.3) is 6.43 Å². The SMILES string of the molecule is C=C(COCC(F)F)C(=O)OC1(C)CCCC1. The summed E-state index contributed by atoms with van der Waals surface area (Å²) in [7, 11) is 0. The zero-order valence-corrected chi connectivity index (χ0v) is 10.0. The second kappa shape index (κ2) is 6.10. The van der Waals surface area contributed by atoms with Gasteiger partial charge in [0.15, 0.2) is 0 Å². The number of halogens is 2. The van der Waals surface area contributed by atoms with Crippen LogP contribution in [0.4, 0.5) is 8.78 Å². The Kier molecular flexibility index (Phi) is 5.05. The quantitative estimate of drug-likeness (QED) is 0.535. The monoisotopic (exact) mass is 248 g/mol. The Hall–Kier alpha value is -0.970. The lowest BCUT2D eigenvalue weighted by Crippen LogP contribution is -2.29. The van der Waals surface area contributed by atoms with Crippen LogP contribution in [-0.2, 0) is 14.3 Å². The van der Waals surface area contributed by atoms with Crippen molar-refractivity contribution in [2.24, 2.45) is 0 Å². The molecule has 0 unspecified atom stereocenters. The van der Waals surface area contributed by atoms with E-state index in [1.807, 2.05) is 6.92 Å². The lowest BCUT2D eigenvalue weighted by molar-refractivity contribution is -0.153. The summed E-state index contributed by atoms with van der Waals surface area (Å²) in [6.45, 7) is 4.46. The number of esters is 1. The first kappa shape index (κ1) is 14.1. The molecule has 0 spiro atoms. The van der Waals surface area contributed by atoms with E-state index in [2.05, 4.69) is 11.3 Å². The van der Waals surface area contributed by atoms with Gasteiger partial charge in [-0.25, -0.2) is 13.6 Å². The minimum Gasteiger partial charge on any atom is -0.456 e. The van der Waals surface area contributed by atoms with Crippen molar-refractivity contribution in [3.63, 3.8) is 0 Å². The number of ether oxygens (including phenoxy) is 2. The molecule has 0 atom stereocenters. The predicted octanol–water partition coefficient (Wildman–Crippen LogP) is 2.70. The Labute approximate surface area is 99.8 Å². The number of hydrogen-bond acceptors (Lipinski definition) is 3. The fourth-order valence-electron chi connectivity index (χ4n) is 1.85. The first-order valence-electron chi connectivity index (χ1n) is 5.70. The summed E-state index contributed by atoms with van der Waals surface area (Å²) in [6, 6.07) is 0. The molecule has 0 bridgehead atoms. The van der Waals surface area contributed by atoms with Crippen molar-refractivity contribution < 1.29 is 23.0 Å². The molecule has 17 heavy (non-hydrogen) atoms. The maximum atomic E-state index is 11.8. The highest BCUT2D eigenvalue weighted by Gasteiger charge is 2.33. The molecule has 0 aromatic heterocycles. The molecule has 0 radical (unpaired) electrons. The fourth-order valence-corrected chi connectivity index (χ4v) is 1.85. The smallest absolute Gasteiger partial charge is 0.336 e. The normalized spacial score (nSPS) is 18.4. The van der Waals surface area contributed by atoms with Crippen LogP contribution in [0, 0.1) is 0 Å². The second-order valence-electron chi connectivity index (χ2n) is 4.56. The topological polar surface area (TPSA) is 35.5 Å². The highest BCUT2D eigenvalue weighted by molar-refractivity contribution is 5.88. The van der Waals surface area contributed by atoms with E-state index < -0.39 is 24.6 Å². The van der Waals surface area contributed by atoms with Crippen LogP contribution in [0.15, 0.2) is 12.2 Å². The van der Waals surface area contributed by atoms with Gasteiger partial charge in [-0.15, -0.1) is 0 Å². The largest absolute Gasteiger partial charge is 0.456 e. The summed E-state index contributed by atoms with van der Waals surface area (Å²) in [5.74, 6) is -0.552. The molecule has 0 N–H and O–H groups in total. The van der Waals surface area contributed by atoms with Crippen molar-refractivity contribution in [3.05, 3.63) is 12.2 Å². The van der Waals surface area contributed by atoms with Crippen molar-refractivity contribution in [3.8, 4) is 0 Å². The van der Waals surface area contributed by atoms with Gasteiger partial charge in [0, 0.05) is 0 Å². The number of rotatable bonds is 6. The number of alkyl halides is 2. The number of carbonyl (C=O) groups excluding carboxylic acids is 1. The van der Waals surface area contributed by atoms with Gasteiger partial charge in [-0.1, -0.05) is 6.58 Å². The molecule has 0 saturated heterocycles. The standard InChI is InChI=1S/C12H18F2O3/c1-9(7-16-8-10(13)14)11(15)17-12(2)5-3-4-6-12/h10H,1,3-8H2,2H3. The zero-order valence-electron chi connectivity index (χ0n) is 10.0. The average molecular weight is 248 g/mol. The Morgan fingerprint density at radius 3 is 2.53 bits per heavy atom. The molecule has 0 amide bonds. The van der Waals surface area contributed by atoms with E-state index in [1.165, 1.54) is 0 Å². The van der Waals surface area contributed by atoms with Gasteiger partial charge < -0.3 is 9.47 Å². The maximum Gasteiger partial charge on any atom is 0.336 e. The van der Waals surface area contributed by atoms with Crippen LogP contribution in [-0.4, -0.2) is 31.2 Å². The molecule has 1 rings (SSSR count). The van der Waals surface area contributed by atoms with Gasteiger partial charge in [-0.3, -0.25) is 0 Å². The van der Waals surface area contributed by atoms with Crippen molar-refractivity contribution in [2.45, 2.75) is 44.6 Å². The Bertz CT molecular complexity index is 283. The third-order valence-corrected chi connectivity index (χ3v) is 2.81. The first-order valence-corrected chi connectivity index (χ1v) is 5.70. The summed E-state index contributed by atoms with van der Waals surface area (Å²) >= 11 is 0. The molecule has 1 saturated carbocycles. The molecular formula is C12H18F2O3. The van der Waals surface area contributed by atoms with Crippen molar-refractivity contribution in [2.75, 3.05) is 13.2 Å². The summed E-state index contributed by atoms with van der Waals surface area (Å²) in [5, 5.41) is 0. The number of carbonyl (C=O) groups is 1. The first-order chi connectivity index (χ1) is 7.93. The van der Waals surface area contributed by atoms with E-state index in [4.69, 9.17) is 4.74 Å². The minimum atomic E-state index is -2.54. The van der Waals surface area contributed by atoms with Crippen LogP contribution in [0.2, 0.25) is 0 Å². The molecule has 3 nitrogen and oxygen atoms in total. The van der Waals surface area contributed by atoms with Gasteiger partial charge in [-0.2, -0.15) is 0 Å². The molecule has 98 valence electrons. The van der Waals surface area contributed by atoms with E-state index in [0.29, 0.717) is 0 Å². The van der Waals surface area contributed by atoms with Crippen LogP contribution >= 0.6 is 0 Å². The summed E-state index contributed by atoms with van der Waals surface area (Å²) < 4.78 is 33.5. The lowest BCUT2D eigenvalue weighted by Gasteiger charge is -2.24. The minimum absolute atomic E-state index is 0.0822. The van der Waals surface area contributed by atoms with Crippen molar-refractivity contribution in [1.29, 1.82) is 0 Å². The van der Waals surface area contributed by atoms with Crippen LogP contribution in [0.25, 0.3) is 0 Å². The average Bonchev–Trinajstić information content (AvgIpc) is 2.64. The van der Waals surface area contributed by atoms with Crippen LogP contribution in [0.3, 0.4) is 0 Å². The molecule has 1 aliphatic carbocycles. The number of hydrogen-bond donors (Lipinski definition) is 0. The molecular weight excluding hydrogens is 230 g/mol. The lowest BCUT2D eigenvalue weighted by atomic mass is 10.1. The molecule has 0 aromatic rings. The van der Waals surface area contributed by atoms with E-state index in [1.54, 1.807) is 0 Å². The Morgan fingerprint density at radius 2 is 2.00 bits per heavy atom. The van der Waals surface area contributed by atoms with Crippen molar-refractivity contribution >= 4 is 5.97 Å². The zero-order chi connectivity index (χ0) is 12.9. The summed E-state index contributed by atoms with van der Waals surface area (Å²) in [5.41, 5.74) is -0.346. The van der Waals surface area contributed by atoms with Gasteiger partial charge in [0.1, 0.15) is 12.2 Å². The molecule has 1 fully saturated rings. The maximum absolute atomic E-state index is 11.8. The third kappa shape index (κ3) is 4.81. The predicted molar refractivity (Wildman–Crippen MR) is 58.9 cm³/mol. The Morgan fingerprint density at radius 1 is 1.41 bits per heavy atom. The highest BCUT2D eigenvalue weighted by Crippen LogP contribution is 2.33. The fraction of sp³-hybridized carbons (Fsp3) is 0.750. The van der Waals surface area contributed by atoms with E-state index in [9.17, 15) is 13.6 Å². The second-order valence-corrected chi connectivity index (χ2v) is 4.56. The molecule has 0 heterocycles.